The van der Waals surface area contributed by atoms with Crippen molar-refractivity contribution in [1.29, 1.82) is 0 Å². The van der Waals surface area contributed by atoms with E-state index in [0.717, 1.165) is 0 Å². The lowest BCUT2D eigenvalue weighted by molar-refractivity contribution is 0.231. The summed E-state index contributed by atoms with van der Waals surface area (Å²) in [5.41, 5.74) is 1.15. The highest BCUT2D eigenvalue weighted by atomic mass is 16.6. The molecule has 1 atom stereocenters. The highest BCUT2D eigenvalue weighted by molar-refractivity contribution is 6.05. The van der Waals surface area contributed by atoms with E-state index in [-0.39, 0.29) is 0 Å². The lowest BCUT2D eigenvalue weighted by Crippen LogP contribution is -2.45. The van der Waals surface area contributed by atoms with E-state index in [4.69, 9.17) is 0 Å². The first-order valence-corrected chi connectivity index (χ1v) is 3.88. The van der Waals surface area contributed by atoms with Crippen molar-refractivity contribution < 1.29 is 4.79 Å². The Kier molecular flexibility index (Phi) is 1.55. The van der Waals surface area contributed by atoms with Gasteiger partial charge in [-0.2, -0.15) is 4.99 Å². The first kappa shape index (κ1) is 8.10. The molecule has 0 radical (unpaired) electrons. The van der Waals surface area contributed by atoms with Gasteiger partial charge in [-0.05, 0) is 6.07 Å². The summed E-state index contributed by atoms with van der Waals surface area (Å²) >= 11 is 0. The monoisotopic (exact) mass is 176 g/mol. The van der Waals surface area contributed by atoms with Crippen LogP contribution < -0.4 is 4.65 Å². The van der Waals surface area contributed by atoms with Crippen LogP contribution in [0.4, 0.5) is 10.5 Å². The second-order valence-electron chi connectivity index (χ2n) is 3.02. The largest absolute Gasteiger partial charge is 0.618 e. The van der Waals surface area contributed by atoms with Crippen LogP contribution in [0.2, 0.25) is 0 Å². The number of quaternary nitrogens is 1. The zero-order valence-electron chi connectivity index (χ0n) is 7.10. The molecule has 13 heavy (non-hydrogen) atoms. The summed E-state index contributed by atoms with van der Waals surface area (Å²) in [7, 11) is 1.29. The number of carbonyl (C=O) groups excluding carboxylic acids is 1. The summed E-state index contributed by atoms with van der Waals surface area (Å²) in [5, 5.41) is 11.8. The molecule has 66 valence electrons. The van der Waals surface area contributed by atoms with E-state index in [1.165, 1.54) is 13.3 Å². The van der Waals surface area contributed by atoms with E-state index >= 15 is 0 Å². The average molecular weight is 176 g/mol. The van der Waals surface area contributed by atoms with Gasteiger partial charge in [0.25, 0.3) is 0 Å². The predicted octanol–water partition coefficient (Wildman–Crippen LogP) is 1.67. The molecule has 4 nitrogen and oxygen atoms in total. The van der Waals surface area contributed by atoms with Crippen molar-refractivity contribution in [3.63, 3.8) is 0 Å². The third-order valence-electron chi connectivity index (χ3n) is 2.08. The number of hydroxylamine groups is 2. The number of aliphatic imine (C=N–C) groups is 1. The van der Waals surface area contributed by atoms with Gasteiger partial charge in [0.2, 0.25) is 0 Å². The minimum Gasteiger partial charge on any atom is -0.618 e. The van der Waals surface area contributed by atoms with Crippen LogP contribution in [0.5, 0.6) is 0 Å². The van der Waals surface area contributed by atoms with Gasteiger partial charge < -0.3 is 5.21 Å². The Morgan fingerprint density at radius 3 is 2.85 bits per heavy atom. The van der Waals surface area contributed by atoms with E-state index in [2.05, 4.69) is 4.99 Å². The molecule has 2 rings (SSSR count). The van der Waals surface area contributed by atoms with Crippen molar-refractivity contribution in [2.45, 2.75) is 0 Å². The van der Waals surface area contributed by atoms with Gasteiger partial charge in [0, 0.05) is 12.3 Å². The molecular formula is C9H8N2O2. The van der Waals surface area contributed by atoms with Crippen LogP contribution in [0.1, 0.15) is 5.56 Å². The summed E-state index contributed by atoms with van der Waals surface area (Å²) in [5.74, 6) is 0. The second-order valence-corrected chi connectivity index (χ2v) is 3.02. The van der Waals surface area contributed by atoms with Crippen molar-refractivity contribution in [2.24, 2.45) is 4.99 Å². The fraction of sp³-hybridized carbons (Fsp3) is 0.111. The minimum atomic E-state index is -1.05. The first-order chi connectivity index (χ1) is 6.12. The van der Waals surface area contributed by atoms with Crippen molar-refractivity contribution in [2.75, 3.05) is 7.05 Å². The van der Waals surface area contributed by atoms with E-state index in [9.17, 15) is 10.0 Å². The normalized spacial score (nSPS) is 25.8. The predicted molar refractivity (Wildman–Crippen MR) is 50.5 cm³/mol. The SMILES string of the molecule is C[N+]1([O-])C(=O)N=Cc2ccccc21. The Hall–Kier alpha value is -1.52. The number of urea groups is 1. The molecule has 0 fully saturated rings. The smallest absolute Gasteiger partial charge is 0.447 e. The van der Waals surface area contributed by atoms with Crippen molar-refractivity contribution in [3.05, 3.63) is 35.0 Å². The summed E-state index contributed by atoms with van der Waals surface area (Å²) in [6.07, 6.45) is 1.43. The third kappa shape index (κ3) is 1.07. The van der Waals surface area contributed by atoms with Crippen molar-refractivity contribution >= 4 is 17.9 Å². The number of carbonyl (C=O) groups is 1. The highest BCUT2D eigenvalue weighted by Crippen LogP contribution is 2.27. The van der Waals surface area contributed by atoms with Crippen molar-refractivity contribution in [1.82, 2.24) is 4.65 Å². The molecule has 1 aromatic carbocycles. The molecular weight excluding hydrogens is 168 g/mol. The summed E-state index contributed by atoms with van der Waals surface area (Å²) in [6.45, 7) is 0. The molecule has 1 aliphatic heterocycles. The number of amides is 2. The number of benzene rings is 1. The molecule has 1 aromatic rings. The van der Waals surface area contributed by atoms with Gasteiger partial charge in [0.1, 0.15) is 0 Å². The van der Waals surface area contributed by atoms with Crippen LogP contribution in [-0.4, -0.2) is 19.3 Å². The average Bonchev–Trinajstić information content (AvgIpc) is 2.13. The van der Waals surface area contributed by atoms with Gasteiger partial charge in [-0.3, -0.25) is 0 Å². The number of hydrogen-bond acceptors (Lipinski definition) is 2. The van der Waals surface area contributed by atoms with Crippen LogP contribution in [0.25, 0.3) is 0 Å². The number of para-hydroxylation sites is 1. The Morgan fingerprint density at radius 1 is 1.38 bits per heavy atom. The quantitative estimate of drug-likeness (QED) is 0.446. The fourth-order valence-corrected chi connectivity index (χ4v) is 1.32. The van der Waals surface area contributed by atoms with Crippen molar-refractivity contribution in [3.8, 4) is 0 Å². The highest BCUT2D eigenvalue weighted by Gasteiger charge is 2.29. The van der Waals surface area contributed by atoms with Crippen LogP contribution >= 0.6 is 0 Å². The van der Waals surface area contributed by atoms with Gasteiger partial charge in [0.05, 0.1) is 12.6 Å². The number of rotatable bonds is 0. The molecule has 1 heterocycles. The zero-order chi connectivity index (χ0) is 9.47. The fourth-order valence-electron chi connectivity index (χ4n) is 1.32. The van der Waals surface area contributed by atoms with E-state index < -0.39 is 10.7 Å². The van der Waals surface area contributed by atoms with E-state index in [1.807, 2.05) is 0 Å². The topological polar surface area (TPSA) is 52.5 Å². The lowest BCUT2D eigenvalue weighted by atomic mass is 10.1. The molecule has 1 unspecified atom stereocenters. The molecule has 0 N–H and O–H groups in total. The number of fused-ring (bicyclic) bond motifs is 1. The Bertz CT molecular complexity index is 396. The molecule has 4 heteroatoms. The molecule has 0 saturated heterocycles. The van der Waals surface area contributed by atoms with Gasteiger partial charge in [-0.1, -0.05) is 12.1 Å². The Labute approximate surface area is 75.3 Å². The molecule has 0 bridgehead atoms. The maximum atomic E-state index is 11.8. The molecule has 1 aliphatic rings. The molecule has 0 aromatic heterocycles. The zero-order valence-corrected chi connectivity index (χ0v) is 7.10. The summed E-state index contributed by atoms with van der Waals surface area (Å²) < 4.78 is -1.05. The van der Waals surface area contributed by atoms with Gasteiger partial charge >= 0.3 is 6.03 Å². The third-order valence-corrected chi connectivity index (χ3v) is 2.08. The molecule has 0 aliphatic carbocycles. The molecule has 2 amide bonds. The van der Waals surface area contributed by atoms with Gasteiger partial charge in [-0.15, -0.1) is 0 Å². The summed E-state index contributed by atoms with van der Waals surface area (Å²) in [4.78, 5) is 14.7. The van der Waals surface area contributed by atoms with E-state index in [0.29, 0.717) is 11.3 Å². The van der Waals surface area contributed by atoms with Gasteiger partial charge in [0.15, 0.2) is 5.69 Å². The number of nitrogens with zero attached hydrogens (tertiary/aromatic N) is 2. The second kappa shape index (κ2) is 2.48. The maximum Gasteiger partial charge on any atom is 0.447 e. The van der Waals surface area contributed by atoms with Crippen LogP contribution in [0, 0.1) is 5.21 Å². The number of hydrogen-bond donors (Lipinski definition) is 0. The van der Waals surface area contributed by atoms with E-state index in [1.54, 1.807) is 24.3 Å². The lowest BCUT2D eigenvalue weighted by Gasteiger charge is -2.35. The van der Waals surface area contributed by atoms with Crippen LogP contribution in [0.3, 0.4) is 0 Å². The first-order valence-electron chi connectivity index (χ1n) is 3.88. The molecule has 0 spiro atoms. The minimum absolute atomic E-state index is 0.447. The summed E-state index contributed by atoms with van der Waals surface area (Å²) in [6, 6.07) is 6.27. The molecule has 0 saturated carbocycles. The van der Waals surface area contributed by atoms with Crippen LogP contribution in [0.15, 0.2) is 29.3 Å². The van der Waals surface area contributed by atoms with Crippen LogP contribution in [-0.2, 0) is 0 Å². The standard InChI is InChI=1S/C9H8N2O2/c1-11(13)8-5-3-2-4-7(8)6-10-9(11)12/h2-6H,1H3. The maximum absolute atomic E-state index is 11.8. The Balaban J connectivity index is 2.68. The Morgan fingerprint density at radius 2 is 2.08 bits per heavy atom. The van der Waals surface area contributed by atoms with Gasteiger partial charge in [-0.25, -0.2) is 9.44 Å².